The highest BCUT2D eigenvalue weighted by atomic mass is 16.7. The molecule has 0 amide bonds. The third-order valence-electron chi connectivity index (χ3n) is 9.18. The standard InChI is InChI=1S/C44H76O9/c1-3-5-7-9-11-13-15-17-18-19-20-22-24-26-28-30-32-34-50-36-38(37-51-44-43(49)42(48)41(47)39(35-45)53-44)52-40(46)33-31-29-27-25-23-21-16-14-12-10-8-6-4-2/h6,8,12,14,18-19,21,23,27,29,38-39,41-45,47-49H,3-5,7,9-11,13,15-17,20,22,24-26,28,30-37H2,1-2H3/b8-6-,14-12-,19-18-,23-21-,29-27-. The van der Waals surface area contributed by atoms with Crippen LogP contribution < -0.4 is 0 Å². The molecule has 0 saturated carbocycles. The molecule has 1 rings (SSSR count). The summed E-state index contributed by atoms with van der Waals surface area (Å²) in [5, 5.41) is 40.0. The summed E-state index contributed by atoms with van der Waals surface area (Å²) < 4.78 is 22.7. The molecular weight excluding hydrogens is 672 g/mol. The van der Waals surface area contributed by atoms with Gasteiger partial charge in [0.2, 0.25) is 0 Å². The van der Waals surface area contributed by atoms with E-state index in [2.05, 4.69) is 62.5 Å². The number of hydrogen-bond acceptors (Lipinski definition) is 9. The molecule has 0 aliphatic carbocycles. The summed E-state index contributed by atoms with van der Waals surface area (Å²) in [5.74, 6) is -0.397. The van der Waals surface area contributed by atoms with Crippen LogP contribution in [-0.4, -0.2) is 89.6 Å². The van der Waals surface area contributed by atoms with Crippen molar-refractivity contribution in [1.29, 1.82) is 0 Å². The van der Waals surface area contributed by atoms with Crippen molar-refractivity contribution >= 4 is 5.97 Å². The zero-order valence-corrected chi connectivity index (χ0v) is 33.2. The molecule has 1 heterocycles. The first kappa shape index (κ1) is 48.9. The van der Waals surface area contributed by atoms with Crippen molar-refractivity contribution in [2.75, 3.05) is 26.4 Å². The highest BCUT2D eigenvalue weighted by Gasteiger charge is 2.44. The summed E-state index contributed by atoms with van der Waals surface area (Å²) >= 11 is 0. The highest BCUT2D eigenvalue weighted by Crippen LogP contribution is 2.22. The second kappa shape index (κ2) is 35.6. The lowest BCUT2D eigenvalue weighted by atomic mass is 9.99. The van der Waals surface area contributed by atoms with Gasteiger partial charge in [0, 0.05) is 13.0 Å². The Balaban J connectivity index is 2.34. The maximum absolute atomic E-state index is 12.7. The smallest absolute Gasteiger partial charge is 0.306 e. The number of hydrogen-bond donors (Lipinski definition) is 4. The highest BCUT2D eigenvalue weighted by molar-refractivity contribution is 5.69. The van der Waals surface area contributed by atoms with Crippen LogP contribution in [-0.2, 0) is 23.7 Å². The van der Waals surface area contributed by atoms with Gasteiger partial charge in [-0.05, 0) is 64.2 Å². The van der Waals surface area contributed by atoms with Gasteiger partial charge in [-0.15, -0.1) is 0 Å². The van der Waals surface area contributed by atoms with Gasteiger partial charge in [0.25, 0.3) is 0 Å². The molecule has 0 spiro atoms. The van der Waals surface area contributed by atoms with Crippen molar-refractivity contribution in [1.82, 2.24) is 0 Å². The minimum Gasteiger partial charge on any atom is -0.457 e. The first-order chi connectivity index (χ1) is 25.9. The van der Waals surface area contributed by atoms with Gasteiger partial charge in [-0.1, -0.05) is 139 Å². The minimum atomic E-state index is -1.55. The van der Waals surface area contributed by atoms with E-state index in [1.807, 2.05) is 12.2 Å². The van der Waals surface area contributed by atoms with Gasteiger partial charge in [0.1, 0.15) is 30.5 Å². The number of ether oxygens (including phenoxy) is 4. The maximum Gasteiger partial charge on any atom is 0.306 e. The van der Waals surface area contributed by atoms with E-state index in [-0.39, 0.29) is 19.6 Å². The third kappa shape index (κ3) is 27.2. The molecule has 6 unspecified atom stereocenters. The number of unbranched alkanes of at least 4 members (excludes halogenated alkanes) is 13. The molecular formula is C44H76O9. The molecule has 1 aliphatic rings. The summed E-state index contributed by atoms with van der Waals surface area (Å²) in [6.07, 6.45) is 36.9. The molecule has 4 N–H and O–H groups in total. The molecule has 53 heavy (non-hydrogen) atoms. The Morgan fingerprint density at radius 3 is 1.74 bits per heavy atom. The Morgan fingerprint density at radius 1 is 0.623 bits per heavy atom. The molecule has 306 valence electrons. The van der Waals surface area contributed by atoms with Gasteiger partial charge in [0.05, 0.1) is 19.8 Å². The fourth-order valence-corrected chi connectivity index (χ4v) is 5.91. The fourth-order valence-electron chi connectivity index (χ4n) is 5.91. The van der Waals surface area contributed by atoms with Crippen LogP contribution in [0.5, 0.6) is 0 Å². The summed E-state index contributed by atoms with van der Waals surface area (Å²) in [4.78, 5) is 12.7. The molecule has 0 bridgehead atoms. The van der Waals surface area contributed by atoms with Crippen molar-refractivity contribution in [2.45, 2.75) is 185 Å². The van der Waals surface area contributed by atoms with Crippen molar-refractivity contribution in [3.05, 3.63) is 60.8 Å². The number of aliphatic hydroxyl groups is 4. The maximum atomic E-state index is 12.7. The molecule has 9 heteroatoms. The van der Waals surface area contributed by atoms with Crippen LogP contribution in [0.3, 0.4) is 0 Å². The van der Waals surface area contributed by atoms with Gasteiger partial charge in [-0.2, -0.15) is 0 Å². The van der Waals surface area contributed by atoms with Crippen LogP contribution in [0.15, 0.2) is 60.8 Å². The minimum absolute atomic E-state index is 0.109. The van der Waals surface area contributed by atoms with Gasteiger partial charge >= 0.3 is 5.97 Å². The van der Waals surface area contributed by atoms with Gasteiger partial charge in [0.15, 0.2) is 6.29 Å². The average molecular weight is 749 g/mol. The van der Waals surface area contributed by atoms with Crippen LogP contribution in [0, 0.1) is 0 Å². The molecule has 9 nitrogen and oxygen atoms in total. The molecule has 6 atom stereocenters. The van der Waals surface area contributed by atoms with E-state index in [1.54, 1.807) is 0 Å². The first-order valence-electron chi connectivity index (χ1n) is 20.9. The zero-order valence-electron chi connectivity index (χ0n) is 33.2. The largest absolute Gasteiger partial charge is 0.457 e. The predicted molar refractivity (Wildman–Crippen MR) is 214 cm³/mol. The topological polar surface area (TPSA) is 135 Å². The van der Waals surface area contributed by atoms with E-state index >= 15 is 0 Å². The Labute approximate surface area is 322 Å². The van der Waals surface area contributed by atoms with Crippen molar-refractivity contribution in [3.63, 3.8) is 0 Å². The van der Waals surface area contributed by atoms with E-state index in [0.29, 0.717) is 13.0 Å². The molecule has 1 fully saturated rings. The quantitative estimate of drug-likeness (QED) is 0.0290. The van der Waals surface area contributed by atoms with E-state index < -0.39 is 49.4 Å². The first-order valence-corrected chi connectivity index (χ1v) is 20.9. The lowest BCUT2D eigenvalue weighted by Gasteiger charge is -2.39. The van der Waals surface area contributed by atoms with Crippen LogP contribution in [0.2, 0.25) is 0 Å². The molecule has 0 aromatic rings. The van der Waals surface area contributed by atoms with Crippen LogP contribution in [0.4, 0.5) is 0 Å². The van der Waals surface area contributed by atoms with Crippen molar-refractivity contribution in [3.8, 4) is 0 Å². The molecule has 1 aliphatic heterocycles. The number of esters is 1. The number of aliphatic hydroxyl groups excluding tert-OH is 4. The fraction of sp³-hybridized carbons (Fsp3) is 0.750. The Bertz CT molecular complexity index is 989. The molecule has 0 aromatic heterocycles. The van der Waals surface area contributed by atoms with Gasteiger partial charge < -0.3 is 39.4 Å². The Hall–Kier alpha value is -2.11. The monoisotopic (exact) mass is 749 g/mol. The lowest BCUT2D eigenvalue weighted by Crippen LogP contribution is -2.59. The number of carbonyl (C=O) groups is 1. The lowest BCUT2D eigenvalue weighted by molar-refractivity contribution is -0.305. The van der Waals surface area contributed by atoms with Crippen LogP contribution in [0.25, 0.3) is 0 Å². The second-order valence-corrected chi connectivity index (χ2v) is 14.0. The summed E-state index contributed by atoms with van der Waals surface area (Å²) in [6, 6.07) is 0. The van der Waals surface area contributed by atoms with E-state index in [4.69, 9.17) is 18.9 Å². The normalized spacial score (nSPS) is 21.7. The predicted octanol–water partition coefficient (Wildman–Crippen LogP) is 8.74. The molecule has 0 radical (unpaired) electrons. The van der Waals surface area contributed by atoms with Crippen LogP contribution in [0.1, 0.15) is 149 Å². The van der Waals surface area contributed by atoms with E-state index in [1.165, 1.54) is 70.6 Å². The van der Waals surface area contributed by atoms with Gasteiger partial charge in [-0.25, -0.2) is 0 Å². The average Bonchev–Trinajstić information content (AvgIpc) is 3.16. The Morgan fingerprint density at radius 2 is 1.15 bits per heavy atom. The summed E-state index contributed by atoms with van der Waals surface area (Å²) in [5.41, 5.74) is 0. The van der Waals surface area contributed by atoms with Crippen molar-refractivity contribution in [2.24, 2.45) is 0 Å². The summed E-state index contributed by atoms with van der Waals surface area (Å²) in [6.45, 7) is 4.32. The SMILES string of the molecule is CC/C=C\C/C=C\C/C=C\C/C=C\CCC(=O)OC(COCCCCCCCC/C=C\CCCCCCCCC)COC1OC(CO)C(O)C(O)C1O. The van der Waals surface area contributed by atoms with E-state index in [0.717, 1.165) is 51.4 Å². The van der Waals surface area contributed by atoms with Crippen LogP contribution >= 0.6 is 0 Å². The Kier molecular flexibility index (Phi) is 32.8. The molecule has 0 aromatic carbocycles. The molecule has 1 saturated heterocycles. The summed E-state index contributed by atoms with van der Waals surface area (Å²) in [7, 11) is 0. The number of rotatable bonds is 34. The van der Waals surface area contributed by atoms with Crippen molar-refractivity contribution < 1.29 is 44.2 Å². The third-order valence-corrected chi connectivity index (χ3v) is 9.18. The van der Waals surface area contributed by atoms with E-state index in [9.17, 15) is 25.2 Å². The zero-order chi connectivity index (χ0) is 38.6. The van der Waals surface area contributed by atoms with Gasteiger partial charge in [-0.3, -0.25) is 4.79 Å². The second-order valence-electron chi connectivity index (χ2n) is 14.0. The number of allylic oxidation sites excluding steroid dienone is 10. The number of carbonyl (C=O) groups excluding carboxylic acids is 1.